The molecule has 0 amide bonds. The Hall–Kier alpha value is 0.270. The topological polar surface area (TPSA) is 23.5 Å². The summed E-state index contributed by atoms with van der Waals surface area (Å²) >= 11 is 2.07. The number of thioether (sulfide) groups is 1. The Morgan fingerprint density at radius 3 is 2.77 bits per heavy atom. The predicted octanol–water partition coefficient (Wildman–Crippen LogP) is 1.58. The second kappa shape index (κ2) is 4.67. The molecule has 13 heavy (non-hydrogen) atoms. The summed E-state index contributed by atoms with van der Waals surface area (Å²) in [6, 6.07) is 0. The van der Waals surface area contributed by atoms with Crippen LogP contribution in [0.2, 0.25) is 0 Å². The first kappa shape index (κ1) is 11.3. The molecule has 0 spiro atoms. The SMILES string of the molecule is CCC1CN(CC(C)(C)O)CCS1. The van der Waals surface area contributed by atoms with E-state index in [4.69, 9.17) is 0 Å². The molecule has 1 N–H and O–H groups in total. The van der Waals surface area contributed by atoms with E-state index >= 15 is 0 Å². The van der Waals surface area contributed by atoms with Gasteiger partial charge in [0, 0.05) is 30.6 Å². The second-order valence-electron chi connectivity index (χ2n) is 4.45. The van der Waals surface area contributed by atoms with E-state index in [0.717, 1.165) is 24.9 Å². The van der Waals surface area contributed by atoms with Gasteiger partial charge in [-0.25, -0.2) is 0 Å². The molecule has 1 atom stereocenters. The zero-order valence-electron chi connectivity index (χ0n) is 8.92. The van der Waals surface area contributed by atoms with Crippen LogP contribution in [0.15, 0.2) is 0 Å². The molecule has 3 heteroatoms. The van der Waals surface area contributed by atoms with Crippen LogP contribution in [0.4, 0.5) is 0 Å². The van der Waals surface area contributed by atoms with E-state index in [1.54, 1.807) is 0 Å². The van der Waals surface area contributed by atoms with E-state index < -0.39 is 5.60 Å². The van der Waals surface area contributed by atoms with Crippen molar-refractivity contribution in [2.75, 3.05) is 25.4 Å². The largest absolute Gasteiger partial charge is 0.389 e. The van der Waals surface area contributed by atoms with Gasteiger partial charge in [-0.15, -0.1) is 0 Å². The Morgan fingerprint density at radius 1 is 1.54 bits per heavy atom. The lowest BCUT2D eigenvalue weighted by molar-refractivity contribution is 0.0373. The highest BCUT2D eigenvalue weighted by molar-refractivity contribution is 8.00. The average molecular weight is 203 g/mol. The number of β-amino-alcohol motifs (C(OH)–C–C–N with tert-alkyl or cyclic N) is 1. The highest BCUT2D eigenvalue weighted by atomic mass is 32.2. The van der Waals surface area contributed by atoms with Gasteiger partial charge in [0.1, 0.15) is 0 Å². The molecule has 0 aliphatic carbocycles. The van der Waals surface area contributed by atoms with E-state index in [2.05, 4.69) is 23.6 Å². The Bertz CT molecular complexity index is 155. The molecule has 1 rings (SSSR count). The number of aliphatic hydroxyl groups is 1. The summed E-state index contributed by atoms with van der Waals surface area (Å²) in [6.45, 7) is 9.09. The lowest BCUT2D eigenvalue weighted by Crippen LogP contribution is -2.45. The third-order valence-corrected chi connectivity index (χ3v) is 3.66. The van der Waals surface area contributed by atoms with E-state index in [9.17, 15) is 5.11 Å². The molecule has 0 aromatic heterocycles. The summed E-state index contributed by atoms with van der Waals surface area (Å²) in [5.74, 6) is 1.22. The monoisotopic (exact) mass is 203 g/mol. The van der Waals surface area contributed by atoms with Crippen LogP contribution in [0.1, 0.15) is 27.2 Å². The molecular formula is C10H21NOS. The van der Waals surface area contributed by atoms with Crippen LogP contribution in [0.3, 0.4) is 0 Å². The Balaban J connectivity index is 2.34. The van der Waals surface area contributed by atoms with Gasteiger partial charge in [-0.1, -0.05) is 6.92 Å². The van der Waals surface area contributed by atoms with Crippen LogP contribution >= 0.6 is 11.8 Å². The van der Waals surface area contributed by atoms with Gasteiger partial charge in [-0.3, -0.25) is 4.90 Å². The summed E-state index contributed by atoms with van der Waals surface area (Å²) in [5.41, 5.74) is -0.541. The molecule has 0 radical (unpaired) electrons. The van der Waals surface area contributed by atoms with Crippen molar-refractivity contribution in [3.05, 3.63) is 0 Å². The average Bonchev–Trinajstić information content (AvgIpc) is 2.01. The van der Waals surface area contributed by atoms with Crippen molar-refractivity contribution in [3.63, 3.8) is 0 Å². The van der Waals surface area contributed by atoms with E-state index in [-0.39, 0.29) is 0 Å². The third-order valence-electron chi connectivity index (χ3n) is 2.29. The van der Waals surface area contributed by atoms with Gasteiger partial charge in [0.05, 0.1) is 5.60 Å². The molecule has 0 bridgehead atoms. The Kier molecular flexibility index (Phi) is 4.07. The highest BCUT2D eigenvalue weighted by Crippen LogP contribution is 2.22. The first-order chi connectivity index (χ1) is 6.01. The minimum Gasteiger partial charge on any atom is -0.389 e. The van der Waals surface area contributed by atoms with Crippen LogP contribution in [0, 0.1) is 0 Å². The summed E-state index contributed by atoms with van der Waals surface area (Å²) < 4.78 is 0. The molecule has 1 heterocycles. The summed E-state index contributed by atoms with van der Waals surface area (Å²) in [4.78, 5) is 2.38. The zero-order valence-corrected chi connectivity index (χ0v) is 9.73. The van der Waals surface area contributed by atoms with E-state index in [1.165, 1.54) is 12.2 Å². The fourth-order valence-electron chi connectivity index (χ4n) is 1.72. The summed E-state index contributed by atoms with van der Waals surface area (Å²) in [5, 5.41) is 10.5. The smallest absolute Gasteiger partial charge is 0.0718 e. The van der Waals surface area contributed by atoms with Crippen molar-refractivity contribution in [3.8, 4) is 0 Å². The predicted molar refractivity (Wildman–Crippen MR) is 59.3 cm³/mol. The quantitative estimate of drug-likeness (QED) is 0.753. The van der Waals surface area contributed by atoms with Crippen LogP contribution in [0.25, 0.3) is 0 Å². The van der Waals surface area contributed by atoms with Crippen molar-refractivity contribution in [2.45, 2.75) is 38.0 Å². The van der Waals surface area contributed by atoms with Gasteiger partial charge in [-0.2, -0.15) is 11.8 Å². The third kappa shape index (κ3) is 4.34. The van der Waals surface area contributed by atoms with Crippen molar-refractivity contribution in [1.29, 1.82) is 0 Å². The van der Waals surface area contributed by atoms with Crippen molar-refractivity contribution in [1.82, 2.24) is 4.90 Å². The first-order valence-corrected chi connectivity index (χ1v) is 6.12. The van der Waals surface area contributed by atoms with Gasteiger partial charge in [0.2, 0.25) is 0 Å². The lowest BCUT2D eigenvalue weighted by atomic mass is 10.1. The minimum atomic E-state index is -0.541. The normalized spacial score (nSPS) is 26.3. The highest BCUT2D eigenvalue weighted by Gasteiger charge is 2.23. The summed E-state index contributed by atoms with van der Waals surface area (Å²) in [6.07, 6.45) is 1.24. The number of rotatable bonds is 3. The molecule has 1 saturated heterocycles. The standard InChI is InChI=1S/C10H21NOS/c1-4-9-7-11(5-6-13-9)8-10(2,3)12/h9,12H,4-8H2,1-3H3. The fourth-order valence-corrected chi connectivity index (χ4v) is 2.97. The molecule has 1 unspecified atom stereocenters. The molecular weight excluding hydrogens is 182 g/mol. The first-order valence-electron chi connectivity index (χ1n) is 5.07. The van der Waals surface area contributed by atoms with Crippen LogP contribution < -0.4 is 0 Å². The van der Waals surface area contributed by atoms with Crippen LogP contribution in [0.5, 0.6) is 0 Å². The van der Waals surface area contributed by atoms with Crippen molar-refractivity contribution < 1.29 is 5.11 Å². The molecule has 0 aromatic rings. The van der Waals surface area contributed by atoms with Crippen LogP contribution in [-0.4, -0.2) is 46.2 Å². The molecule has 1 aliphatic heterocycles. The Morgan fingerprint density at radius 2 is 2.23 bits per heavy atom. The van der Waals surface area contributed by atoms with Gasteiger partial charge in [-0.05, 0) is 20.3 Å². The maximum Gasteiger partial charge on any atom is 0.0718 e. The molecule has 78 valence electrons. The maximum atomic E-state index is 9.68. The van der Waals surface area contributed by atoms with Crippen molar-refractivity contribution in [2.24, 2.45) is 0 Å². The van der Waals surface area contributed by atoms with Gasteiger partial charge in [0.25, 0.3) is 0 Å². The molecule has 1 aliphatic rings. The number of hydrogen-bond acceptors (Lipinski definition) is 3. The van der Waals surface area contributed by atoms with Crippen molar-refractivity contribution >= 4 is 11.8 Å². The van der Waals surface area contributed by atoms with Gasteiger partial charge < -0.3 is 5.11 Å². The molecule has 0 aromatic carbocycles. The van der Waals surface area contributed by atoms with E-state index in [0.29, 0.717) is 0 Å². The van der Waals surface area contributed by atoms with E-state index in [1.807, 2.05) is 13.8 Å². The van der Waals surface area contributed by atoms with Gasteiger partial charge >= 0.3 is 0 Å². The van der Waals surface area contributed by atoms with Crippen LogP contribution in [-0.2, 0) is 0 Å². The summed E-state index contributed by atoms with van der Waals surface area (Å²) in [7, 11) is 0. The Labute approximate surface area is 85.7 Å². The van der Waals surface area contributed by atoms with Gasteiger partial charge in [0.15, 0.2) is 0 Å². The molecule has 0 saturated carbocycles. The number of hydrogen-bond donors (Lipinski definition) is 1. The zero-order chi connectivity index (χ0) is 9.90. The second-order valence-corrected chi connectivity index (χ2v) is 5.86. The minimum absolute atomic E-state index is 0.541. The molecule has 2 nitrogen and oxygen atoms in total. The lowest BCUT2D eigenvalue weighted by Gasteiger charge is -2.35. The maximum absolute atomic E-state index is 9.68. The molecule has 1 fully saturated rings. The number of nitrogens with zero attached hydrogens (tertiary/aromatic N) is 1. The fraction of sp³-hybridized carbons (Fsp3) is 1.00.